The number of hydrogen-bond donors (Lipinski definition) is 2. The van der Waals surface area contributed by atoms with Gasteiger partial charge in [0.15, 0.2) is 0 Å². The maximum Gasteiger partial charge on any atom is 0.317 e. The van der Waals surface area contributed by atoms with Crippen molar-refractivity contribution in [3.63, 3.8) is 0 Å². The second-order valence-electron chi connectivity index (χ2n) is 6.73. The molecule has 25 heavy (non-hydrogen) atoms. The first-order valence-electron chi connectivity index (χ1n) is 8.99. The van der Waals surface area contributed by atoms with Crippen molar-refractivity contribution in [2.75, 3.05) is 6.54 Å². The van der Waals surface area contributed by atoms with Crippen molar-refractivity contribution >= 4 is 17.4 Å². The Labute approximate surface area is 153 Å². The molecule has 1 atom stereocenters. The van der Waals surface area contributed by atoms with E-state index in [0.29, 0.717) is 18.3 Å². The number of urea groups is 1. The summed E-state index contributed by atoms with van der Waals surface area (Å²) >= 11 is 1.69. The Balaban J connectivity index is 1.55. The Kier molecular flexibility index (Phi) is 5.97. The van der Waals surface area contributed by atoms with Gasteiger partial charge in [-0.05, 0) is 73.7 Å². The lowest BCUT2D eigenvalue weighted by molar-refractivity contribution is 0.146. The second-order valence-corrected chi connectivity index (χ2v) is 7.73. The molecule has 2 heterocycles. The van der Waals surface area contributed by atoms with Gasteiger partial charge < -0.3 is 15.3 Å². The van der Waals surface area contributed by atoms with E-state index in [2.05, 4.69) is 23.7 Å². The number of piperidine rings is 1. The van der Waals surface area contributed by atoms with Gasteiger partial charge in [0.1, 0.15) is 5.75 Å². The molecule has 1 fully saturated rings. The molecule has 1 aromatic heterocycles. The molecule has 0 radical (unpaired) electrons. The van der Waals surface area contributed by atoms with Gasteiger partial charge in [-0.15, -0.1) is 11.3 Å². The molecule has 0 bridgehead atoms. The summed E-state index contributed by atoms with van der Waals surface area (Å²) in [5, 5.41) is 14.5. The Morgan fingerprint density at radius 1 is 1.28 bits per heavy atom. The maximum absolute atomic E-state index is 12.7. The van der Waals surface area contributed by atoms with Gasteiger partial charge in [0.2, 0.25) is 0 Å². The van der Waals surface area contributed by atoms with Crippen molar-refractivity contribution < 1.29 is 9.90 Å². The molecule has 3 rings (SSSR count). The van der Waals surface area contributed by atoms with Crippen molar-refractivity contribution in [3.8, 4) is 5.75 Å². The lowest BCUT2D eigenvalue weighted by atomic mass is 9.96. The van der Waals surface area contributed by atoms with E-state index in [9.17, 15) is 9.90 Å². The van der Waals surface area contributed by atoms with Crippen LogP contribution in [0.4, 0.5) is 4.79 Å². The van der Waals surface area contributed by atoms with Crippen molar-refractivity contribution in [1.82, 2.24) is 10.2 Å². The number of phenols is 1. The van der Waals surface area contributed by atoms with Crippen LogP contribution in [-0.2, 0) is 13.0 Å². The third-order valence-corrected chi connectivity index (χ3v) is 5.98. The molecule has 2 amide bonds. The average molecular weight is 359 g/mol. The number of nitrogens with one attached hydrogen (secondary N) is 1. The minimum Gasteiger partial charge on any atom is -0.508 e. The lowest BCUT2D eigenvalue weighted by Gasteiger charge is -2.36. The van der Waals surface area contributed by atoms with Gasteiger partial charge in [-0.2, -0.15) is 0 Å². The van der Waals surface area contributed by atoms with Crippen LogP contribution < -0.4 is 5.32 Å². The Bertz CT molecular complexity index is 696. The van der Waals surface area contributed by atoms with Crippen LogP contribution in [0.15, 0.2) is 35.7 Å². The number of phenolic OH excluding ortho intramolecular Hbond substituents is 1. The number of nitrogens with zero attached hydrogens (tertiary/aromatic N) is 1. The number of hydrogen-bond acceptors (Lipinski definition) is 3. The fourth-order valence-electron chi connectivity index (χ4n) is 3.41. The van der Waals surface area contributed by atoms with Crippen molar-refractivity contribution in [3.05, 3.63) is 51.7 Å². The summed E-state index contributed by atoms with van der Waals surface area (Å²) in [7, 11) is 0. The summed E-state index contributed by atoms with van der Waals surface area (Å²) in [6.45, 7) is 3.54. The van der Waals surface area contributed by atoms with Gasteiger partial charge in [-0.3, -0.25) is 0 Å². The van der Waals surface area contributed by atoms with E-state index in [0.717, 1.165) is 32.2 Å². The van der Waals surface area contributed by atoms with Crippen molar-refractivity contribution in [2.24, 2.45) is 0 Å². The number of rotatable bonds is 5. The van der Waals surface area contributed by atoms with E-state index in [1.165, 1.54) is 22.4 Å². The number of amides is 2. The first-order chi connectivity index (χ1) is 12.1. The first-order valence-corrected chi connectivity index (χ1v) is 9.87. The zero-order valence-electron chi connectivity index (χ0n) is 14.7. The highest BCUT2D eigenvalue weighted by atomic mass is 32.1. The highest BCUT2D eigenvalue weighted by Crippen LogP contribution is 2.22. The molecule has 4 nitrogen and oxygen atoms in total. The van der Waals surface area contributed by atoms with E-state index in [-0.39, 0.29) is 6.03 Å². The van der Waals surface area contributed by atoms with Gasteiger partial charge in [-0.1, -0.05) is 12.1 Å². The summed E-state index contributed by atoms with van der Waals surface area (Å²) < 4.78 is 0. The molecular weight excluding hydrogens is 332 g/mol. The van der Waals surface area contributed by atoms with Gasteiger partial charge in [-0.25, -0.2) is 4.79 Å². The van der Waals surface area contributed by atoms with Gasteiger partial charge in [0.25, 0.3) is 0 Å². The summed E-state index contributed by atoms with van der Waals surface area (Å²) in [5.74, 6) is 0.297. The van der Waals surface area contributed by atoms with E-state index in [1.807, 2.05) is 17.0 Å². The summed E-state index contributed by atoms with van der Waals surface area (Å²) in [4.78, 5) is 15.9. The molecular formula is C20H26N2O2S. The quantitative estimate of drug-likeness (QED) is 0.829. The molecule has 134 valence electrons. The molecule has 1 saturated heterocycles. The minimum absolute atomic E-state index is 0.0585. The number of carbonyl (C=O) groups excluding carboxylic acids is 1. The number of thiophene rings is 1. The fraction of sp³-hybridized carbons (Fsp3) is 0.450. The summed E-state index contributed by atoms with van der Waals surface area (Å²) in [6, 6.07) is 9.82. The van der Waals surface area contributed by atoms with Crippen LogP contribution in [0.1, 0.15) is 41.7 Å². The summed E-state index contributed by atoms with van der Waals surface area (Å²) in [6.07, 6.45) is 5.24. The SMILES string of the molecule is Cc1ccsc1CNC(=O)N1CCCCC1CCc1ccc(O)cc1. The van der Waals surface area contributed by atoms with E-state index >= 15 is 0 Å². The molecule has 0 aliphatic carbocycles. The summed E-state index contributed by atoms with van der Waals surface area (Å²) in [5.41, 5.74) is 2.45. The molecule has 5 heteroatoms. The predicted octanol–water partition coefficient (Wildman–Crippen LogP) is 4.46. The molecule has 1 aromatic carbocycles. The molecule has 0 spiro atoms. The smallest absolute Gasteiger partial charge is 0.317 e. The first kappa shape index (κ1) is 17.8. The molecule has 1 unspecified atom stereocenters. The molecule has 1 aliphatic heterocycles. The molecule has 2 aromatic rings. The third-order valence-electron chi connectivity index (χ3n) is 4.96. The average Bonchev–Trinajstić information content (AvgIpc) is 3.04. The minimum atomic E-state index is 0.0585. The molecule has 1 aliphatic rings. The Hall–Kier alpha value is -2.01. The van der Waals surface area contributed by atoms with Crippen LogP contribution in [-0.4, -0.2) is 28.6 Å². The monoisotopic (exact) mass is 358 g/mol. The van der Waals surface area contributed by atoms with Crippen LogP contribution >= 0.6 is 11.3 Å². The highest BCUT2D eigenvalue weighted by Gasteiger charge is 2.26. The van der Waals surface area contributed by atoms with E-state index in [4.69, 9.17) is 0 Å². The van der Waals surface area contributed by atoms with Crippen molar-refractivity contribution in [1.29, 1.82) is 0 Å². The standard InChI is InChI=1S/C20H26N2O2S/c1-15-11-13-25-19(15)14-21-20(24)22-12-3-2-4-17(22)8-5-16-6-9-18(23)10-7-16/h6-7,9-11,13,17,23H,2-5,8,12,14H2,1H3,(H,21,24). The number of aromatic hydroxyl groups is 1. The van der Waals surface area contributed by atoms with E-state index in [1.54, 1.807) is 23.5 Å². The third kappa shape index (κ3) is 4.75. The zero-order chi connectivity index (χ0) is 17.6. The Morgan fingerprint density at radius 2 is 2.08 bits per heavy atom. The van der Waals surface area contributed by atoms with Crippen LogP contribution in [0.3, 0.4) is 0 Å². The Morgan fingerprint density at radius 3 is 2.80 bits per heavy atom. The van der Waals surface area contributed by atoms with Crippen LogP contribution in [0.2, 0.25) is 0 Å². The molecule has 0 saturated carbocycles. The maximum atomic E-state index is 12.7. The fourth-order valence-corrected chi connectivity index (χ4v) is 4.25. The van der Waals surface area contributed by atoms with Crippen LogP contribution in [0, 0.1) is 6.92 Å². The van der Waals surface area contributed by atoms with Crippen molar-refractivity contribution in [2.45, 2.75) is 51.6 Å². The van der Waals surface area contributed by atoms with E-state index < -0.39 is 0 Å². The zero-order valence-corrected chi connectivity index (χ0v) is 15.5. The number of aryl methyl sites for hydroxylation is 2. The number of carbonyl (C=O) groups is 1. The largest absolute Gasteiger partial charge is 0.508 e. The molecule has 2 N–H and O–H groups in total. The van der Waals surface area contributed by atoms with Crippen LogP contribution in [0.25, 0.3) is 0 Å². The predicted molar refractivity (Wildman–Crippen MR) is 102 cm³/mol. The second kappa shape index (κ2) is 8.39. The highest BCUT2D eigenvalue weighted by molar-refractivity contribution is 7.10. The number of likely N-dealkylation sites (tertiary alicyclic amines) is 1. The van der Waals surface area contributed by atoms with Gasteiger partial charge in [0.05, 0.1) is 6.54 Å². The van der Waals surface area contributed by atoms with Crippen LogP contribution in [0.5, 0.6) is 5.75 Å². The topological polar surface area (TPSA) is 52.6 Å². The van der Waals surface area contributed by atoms with Gasteiger partial charge in [0, 0.05) is 17.5 Å². The number of benzene rings is 1. The normalized spacial score (nSPS) is 17.5. The van der Waals surface area contributed by atoms with Gasteiger partial charge >= 0.3 is 6.03 Å². The lowest BCUT2D eigenvalue weighted by Crippen LogP contribution is -2.48.